The molecule has 2 N–H and O–H groups in total. The zero-order chi connectivity index (χ0) is 17.3. The molecule has 1 aromatic heterocycles. The average molecular weight is 351 g/mol. The minimum Gasteiger partial charge on any atom is -0.481 e. The first-order valence-corrected chi connectivity index (χ1v) is 7.76. The van der Waals surface area contributed by atoms with Gasteiger partial charge in [-0.25, -0.2) is 0 Å². The summed E-state index contributed by atoms with van der Waals surface area (Å²) in [6.45, 7) is 0.691. The summed E-state index contributed by atoms with van der Waals surface area (Å²) in [5.41, 5.74) is 0.0983. The minimum atomic E-state index is -1.02. The van der Waals surface area contributed by atoms with Gasteiger partial charge in [0.05, 0.1) is 31.2 Å². The summed E-state index contributed by atoms with van der Waals surface area (Å²) in [6, 6.07) is 4.15. The molecule has 3 rings (SSSR count). The molecule has 126 valence electrons. The predicted molar refractivity (Wildman–Crippen MR) is 87.5 cm³/mol. The second kappa shape index (κ2) is 6.62. The van der Waals surface area contributed by atoms with E-state index in [1.54, 1.807) is 18.2 Å². The molecule has 0 spiro atoms. The van der Waals surface area contributed by atoms with E-state index in [4.69, 9.17) is 21.4 Å². The molecule has 1 aromatic carbocycles. The number of H-pyrrole nitrogens is 1. The number of amides is 1. The molecule has 0 aliphatic carbocycles. The van der Waals surface area contributed by atoms with Crippen LogP contribution >= 0.6 is 11.6 Å². The van der Waals surface area contributed by atoms with Gasteiger partial charge >= 0.3 is 5.97 Å². The molecule has 1 saturated heterocycles. The van der Waals surface area contributed by atoms with Gasteiger partial charge in [-0.3, -0.25) is 14.4 Å². The number of halogens is 1. The molecule has 1 aliphatic rings. The predicted octanol–water partition coefficient (Wildman–Crippen LogP) is 1.50. The van der Waals surface area contributed by atoms with Crippen LogP contribution in [0, 0.1) is 0 Å². The van der Waals surface area contributed by atoms with E-state index in [1.807, 2.05) is 0 Å². The monoisotopic (exact) mass is 350 g/mol. The lowest BCUT2D eigenvalue weighted by Gasteiger charge is -2.34. The number of aromatic amines is 1. The number of rotatable bonds is 3. The maximum absolute atomic E-state index is 12.8. The van der Waals surface area contributed by atoms with Gasteiger partial charge in [0.1, 0.15) is 5.56 Å². The molecule has 1 aliphatic heterocycles. The average Bonchev–Trinajstić information content (AvgIpc) is 2.54. The third-order valence-corrected chi connectivity index (χ3v) is 4.21. The number of carbonyl (C=O) groups is 2. The van der Waals surface area contributed by atoms with Gasteiger partial charge in [-0.1, -0.05) is 11.6 Å². The fourth-order valence-corrected chi connectivity index (χ4v) is 2.97. The molecule has 0 bridgehead atoms. The van der Waals surface area contributed by atoms with Crippen molar-refractivity contribution in [3.63, 3.8) is 0 Å². The Kier molecular flexibility index (Phi) is 4.55. The number of hydrogen-bond donors (Lipinski definition) is 2. The van der Waals surface area contributed by atoms with Gasteiger partial charge in [-0.15, -0.1) is 0 Å². The van der Waals surface area contributed by atoms with Gasteiger partial charge in [-0.2, -0.15) is 0 Å². The van der Waals surface area contributed by atoms with Crippen molar-refractivity contribution in [2.45, 2.75) is 12.5 Å². The highest BCUT2D eigenvalue weighted by Gasteiger charge is 2.31. The van der Waals surface area contributed by atoms with Gasteiger partial charge in [0.2, 0.25) is 5.43 Å². The van der Waals surface area contributed by atoms with Gasteiger partial charge in [0, 0.05) is 23.2 Å². The SMILES string of the molecule is O=C(O)CC1COCCN1C(=O)c1c[nH]c2cc(Cl)ccc2c1=O. The summed E-state index contributed by atoms with van der Waals surface area (Å²) >= 11 is 5.90. The van der Waals surface area contributed by atoms with E-state index in [9.17, 15) is 14.4 Å². The molecule has 8 heteroatoms. The van der Waals surface area contributed by atoms with Crippen LogP contribution in [-0.4, -0.2) is 52.7 Å². The van der Waals surface area contributed by atoms with Crippen LogP contribution in [0.5, 0.6) is 0 Å². The first-order valence-electron chi connectivity index (χ1n) is 7.39. The number of nitrogens with one attached hydrogen (secondary N) is 1. The largest absolute Gasteiger partial charge is 0.481 e. The van der Waals surface area contributed by atoms with Crippen molar-refractivity contribution in [2.24, 2.45) is 0 Å². The number of carboxylic acids is 1. The molecule has 1 unspecified atom stereocenters. The third kappa shape index (κ3) is 3.13. The van der Waals surface area contributed by atoms with E-state index >= 15 is 0 Å². The summed E-state index contributed by atoms with van der Waals surface area (Å²) in [7, 11) is 0. The molecule has 1 fully saturated rings. The lowest BCUT2D eigenvalue weighted by Crippen LogP contribution is -2.50. The van der Waals surface area contributed by atoms with E-state index < -0.39 is 23.3 Å². The number of fused-ring (bicyclic) bond motifs is 1. The van der Waals surface area contributed by atoms with E-state index in [0.717, 1.165) is 0 Å². The van der Waals surface area contributed by atoms with Gasteiger partial charge in [0.25, 0.3) is 5.91 Å². The van der Waals surface area contributed by atoms with Crippen molar-refractivity contribution in [1.29, 1.82) is 0 Å². The van der Waals surface area contributed by atoms with Crippen LogP contribution in [0.1, 0.15) is 16.8 Å². The van der Waals surface area contributed by atoms with E-state index in [2.05, 4.69) is 4.98 Å². The van der Waals surface area contributed by atoms with Gasteiger partial charge < -0.3 is 19.7 Å². The number of benzene rings is 1. The Morgan fingerprint density at radius 1 is 1.42 bits per heavy atom. The van der Waals surface area contributed by atoms with E-state index in [0.29, 0.717) is 22.5 Å². The normalized spacial score (nSPS) is 17.9. The highest BCUT2D eigenvalue weighted by atomic mass is 35.5. The van der Waals surface area contributed by atoms with E-state index in [1.165, 1.54) is 11.1 Å². The maximum atomic E-state index is 12.8. The Bertz CT molecular complexity index is 863. The lowest BCUT2D eigenvalue weighted by molar-refractivity contribution is -0.139. The number of pyridine rings is 1. The topological polar surface area (TPSA) is 99.7 Å². The molecule has 2 aromatic rings. The molecule has 2 heterocycles. The van der Waals surface area contributed by atoms with Crippen molar-refractivity contribution in [1.82, 2.24) is 9.88 Å². The number of aromatic nitrogens is 1. The fourth-order valence-electron chi connectivity index (χ4n) is 2.80. The standard InChI is InChI=1S/C16H15ClN2O5/c17-9-1-2-11-13(5-9)18-7-12(15(11)22)16(23)19-3-4-24-8-10(19)6-14(20)21/h1-2,5,7,10H,3-4,6,8H2,(H,18,22)(H,20,21). The van der Waals surface area contributed by atoms with Crippen LogP contribution < -0.4 is 5.43 Å². The van der Waals surface area contributed by atoms with Crippen molar-refractivity contribution in [2.75, 3.05) is 19.8 Å². The number of ether oxygens (including phenoxy) is 1. The summed E-state index contributed by atoms with van der Waals surface area (Å²) in [5.74, 6) is -1.52. The number of morpholine rings is 1. The third-order valence-electron chi connectivity index (χ3n) is 3.97. The molecule has 0 saturated carbocycles. The molecule has 1 amide bonds. The van der Waals surface area contributed by atoms with Crippen LogP contribution in [0.3, 0.4) is 0 Å². The first-order chi connectivity index (χ1) is 11.5. The van der Waals surface area contributed by atoms with Crippen molar-refractivity contribution < 1.29 is 19.4 Å². The van der Waals surface area contributed by atoms with E-state index in [-0.39, 0.29) is 25.1 Å². The number of carboxylic acid groups (broad SMARTS) is 1. The minimum absolute atomic E-state index is 0.0258. The molecular formula is C16H15ClN2O5. The Morgan fingerprint density at radius 2 is 2.21 bits per heavy atom. The number of nitrogens with zero attached hydrogens (tertiary/aromatic N) is 1. The quantitative estimate of drug-likeness (QED) is 0.873. The van der Waals surface area contributed by atoms with Crippen LogP contribution in [-0.2, 0) is 9.53 Å². The number of carbonyl (C=O) groups excluding carboxylic acids is 1. The Balaban J connectivity index is 1.98. The maximum Gasteiger partial charge on any atom is 0.305 e. The first kappa shape index (κ1) is 16.5. The second-order valence-electron chi connectivity index (χ2n) is 5.55. The molecular weight excluding hydrogens is 336 g/mol. The summed E-state index contributed by atoms with van der Waals surface area (Å²) in [4.78, 5) is 40.6. The van der Waals surface area contributed by atoms with Crippen LogP contribution in [0.25, 0.3) is 10.9 Å². The Labute approximate surface area is 141 Å². The highest BCUT2D eigenvalue weighted by molar-refractivity contribution is 6.31. The number of aliphatic carboxylic acids is 1. The second-order valence-corrected chi connectivity index (χ2v) is 5.98. The highest BCUT2D eigenvalue weighted by Crippen LogP contribution is 2.17. The van der Waals surface area contributed by atoms with Crippen LogP contribution in [0.2, 0.25) is 5.02 Å². The zero-order valence-electron chi connectivity index (χ0n) is 12.6. The smallest absolute Gasteiger partial charge is 0.305 e. The Morgan fingerprint density at radius 3 is 2.96 bits per heavy atom. The van der Waals surface area contributed by atoms with Crippen molar-refractivity contribution >= 4 is 34.4 Å². The molecule has 0 radical (unpaired) electrons. The van der Waals surface area contributed by atoms with Crippen LogP contribution in [0.4, 0.5) is 0 Å². The van der Waals surface area contributed by atoms with Crippen molar-refractivity contribution in [3.05, 3.63) is 45.2 Å². The Hall–Kier alpha value is -2.38. The summed E-state index contributed by atoms with van der Waals surface area (Å²) in [5, 5.41) is 9.82. The zero-order valence-corrected chi connectivity index (χ0v) is 13.4. The summed E-state index contributed by atoms with van der Waals surface area (Å²) < 4.78 is 5.26. The summed E-state index contributed by atoms with van der Waals surface area (Å²) in [6.07, 6.45) is 1.11. The van der Waals surface area contributed by atoms with Crippen LogP contribution in [0.15, 0.2) is 29.2 Å². The van der Waals surface area contributed by atoms with Crippen molar-refractivity contribution in [3.8, 4) is 0 Å². The van der Waals surface area contributed by atoms with Gasteiger partial charge in [-0.05, 0) is 18.2 Å². The molecule has 24 heavy (non-hydrogen) atoms. The molecule has 1 atom stereocenters. The fraction of sp³-hybridized carbons (Fsp3) is 0.312. The number of hydrogen-bond acceptors (Lipinski definition) is 4. The van der Waals surface area contributed by atoms with Gasteiger partial charge in [0.15, 0.2) is 0 Å². The lowest BCUT2D eigenvalue weighted by atomic mass is 10.1. The molecule has 7 nitrogen and oxygen atoms in total.